The molecule has 0 spiro atoms. The Labute approximate surface area is 146 Å². The molecule has 1 aliphatic rings. The predicted octanol–water partition coefficient (Wildman–Crippen LogP) is 1.97. The summed E-state index contributed by atoms with van der Waals surface area (Å²) in [6.07, 6.45) is 1.61. The molecule has 0 aliphatic carbocycles. The van der Waals surface area contributed by atoms with Gasteiger partial charge in [0.2, 0.25) is 0 Å². The van der Waals surface area contributed by atoms with Gasteiger partial charge < -0.3 is 20.3 Å². The number of pyridine rings is 1. The Hall–Kier alpha value is -3.09. The number of aromatic nitrogens is 1. The van der Waals surface area contributed by atoms with Crippen molar-refractivity contribution >= 4 is 23.3 Å². The van der Waals surface area contributed by atoms with E-state index in [0.717, 1.165) is 5.56 Å². The van der Waals surface area contributed by atoms with Crippen LogP contribution in [0.2, 0.25) is 0 Å². The maximum Gasteiger partial charge on any atom is 0.262 e. The van der Waals surface area contributed by atoms with Gasteiger partial charge in [0.25, 0.3) is 11.8 Å². The average Bonchev–Trinajstić information content (AvgIpc) is 2.61. The molecule has 0 fully saturated rings. The number of nitrogens with zero attached hydrogens (tertiary/aromatic N) is 2. The predicted molar refractivity (Wildman–Crippen MR) is 95.0 cm³/mol. The standard InChI is InChI=1S/C18H20N4O3/c1-11(12-4-5-15-14(8-12)21-17(23)10-25-15)20-18(24)13-6-7-19-16(9-13)22(2)3/h4-9,11H,10H2,1-3H3,(H,20,24)(H,21,23). The van der Waals surface area contributed by atoms with Crippen molar-refractivity contribution in [1.82, 2.24) is 10.3 Å². The van der Waals surface area contributed by atoms with E-state index in [1.165, 1.54) is 0 Å². The number of carbonyl (C=O) groups excluding carboxylic acids is 2. The number of hydrogen-bond acceptors (Lipinski definition) is 5. The molecule has 3 rings (SSSR count). The van der Waals surface area contributed by atoms with Gasteiger partial charge in [-0.3, -0.25) is 9.59 Å². The van der Waals surface area contributed by atoms with E-state index in [1.807, 2.05) is 38.1 Å². The molecule has 0 saturated heterocycles. The summed E-state index contributed by atoms with van der Waals surface area (Å²) in [7, 11) is 3.74. The highest BCUT2D eigenvalue weighted by Gasteiger charge is 2.18. The van der Waals surface area contributed by atoms with Crippen molar-refractivity contribution in [3.8, 4) is 5.75 Å². The first-order valence-corrected chi connectivity index (χ1v) is 7.95. The number of amides is 2. The van der Waals surface area contributed by atoms with E-state index in [1.54, 1.807) is 24.4 Å². The lowest BCUT2D eigenvalue weighted by molar-refractivity contribution is -0.118. The van der Waals surface area contributed by atoms with Crippen LogP contribution in [0.25, 0.3) is 0 Å². The summed E-state index contributed by atoms with van der Waals surface area (Å²) >= 11 is 0. The first kappa shape index (κ1) is 16.8. The van der Waals surface area contributed by atoms with Crippen LogP contribution in [-0.4, -0.2) is 37.5 Å². The van der Waals surface area contributed by atoms with Gasteiger partial charge in [-0.25, -0.2) is 4.98 Å². The van der Waals surface area contributed by atoms with Crippen LogP contribution in [0.5, 0.6) is 5.75 Å². The summed E-state index contributed by atoms with van der Waals surface area (Å²) in [5, 5.41) is 5.73. The van der Waals surface area contributed by atoms with Gasteiger partial charge in [-0.1, -0.05) is 6.07 Å². The fourth-order valence-electron chi connectivity index (χ4n) is 2.54. The molecule has 2 aromatic rings. The lowest BCUT2D eigenvalue weighted by Crippen LogP contribution is -2.28. The molecule has 25 heavy (non-hydrogen) atoms. The van der Waals surface area contributed by atoms with Crippen molar-refractivity contribution in [2.45, 2.75) is 13.0 Å². The fourth-order valence-corrected chi connectivity index (χ4v) is 2.54. The Bertz CT molecular complexity index is 820. The molecule has 7 heteroatoms. The summed E-state index contributed by atoms with van der Waals surface area (Å²) < 4.78 is 5.35. The molecule has 1 aliphatic heterocycles. The molecular weight excluding hydrogens is 320 g/mol. The fraction of sp³-hybridized carbons (Fsp3) is 0.278. The molecule has 0 saturated carbocycles. The lowest BCUT2D eigenvalue weighted by atomic mass is 10.1. The lowest BCUT2D eigenvalue weighted by Gasteiger charge is -2.21. The first-order chi connectivity index (χ1) is 11.9. The average molecular weight is 340 g/mol. The maximum absolute atomic E-state index is 12.5. The van der Waals surface area contributed by atoms with Crippen molar-refractivity contribution in [3.05, 3.63) is 47.7 Å². The minimum absolute atomic E-state index is 0.0227. The highest BCUT2D eigenvalue weighted by molar-refractivity contribution is 5.96. The quantitative estimate of drug-likeness (QED) is 0.889. The number of anilines is 2. The number of rotatable bonds is 4. The highest BCUT2D eigenvalue weighted by Crippen LogP contribution is 2.30. The Morgan fingerprint density at radius 1 is 1.32 bits per heavy atom. The SMILES string of the molecule is CC(NC(=O)c1ccnc(N(C)C)c1)c1ccc2c(c1)NC(=O)CO2. The van der Waals surface area contributed by atoms with Crippen LogP contribution in [0, 0.1) is 0 Å². The van der Waals surface area contributed by atoms with E-state index >= 15 is 0 Å². The molecule has 0 bridgehead atoms. The summed E-state index contributed by atoms with van der Waals surface area (Å²) in [6, 6.07) is 8.67. The van der Waals surface area contributed by atoms with Crippen molar-refractivity contribution in [3.63, 3.8) is 0 Å². The molecular formula is C18H20N4O3. The van der Waals surface area contributed by atoms with Crippen LogP contribution in [0.1, 0.15) is 28.9 Å². The van der Waals surface area contributed by atoms with E-state index < -0.39 is 0 Å². The number of carbonyl (C=O) groups is 2. The van der Waals surface area contributed by atoms with Crippen LogP contribution in [-0.2, 0) is 4.79 Å². The minimum atomic E-state index is -0.229. The largest absolute Gasteiger partial charge is 0.482 e. The van der Waals surface area contributed by atoms with E-state index in [-0.39, 0.29) is 24.5 Å². The molecule has 1 unspecified atom stereocenters. The van der Waals surface area contributed by atoms with E-state index in [2.05, 4.69) is 15.6 Å². The van der Waals surface area contributed by atoms with Gasteiger partial charge in [0.15, 0.2) is 6.61 Å². The third-order valence-electron chi connectivity index (χ3n) is 3.95. The topological polar surface area (TPSA) is 83.6 Å². The van der Waals surface area contributed by atoms with E-state index in [0.29, 0.717) is 22.8 Å². The minimum Gasteiger partial charge on any atom is -0.482 e. The third-order valence-corrected chi connectivity index (χ3v) is 3.95. The Kier molecular flexibility index (Phi) is 4.56. The van der Waals surface area contributed by atoms with Gasteiger partial charge in [0.1, 0.15) is 11.6 Å². The normalized spacial score (nSPS) is 14.0. The monoisotopic (exact) mass is 340 g/mol. The molecule has 7 nitrogen and oxygen atoms in total. The van der Waals surface area contributed by atoms with Crippen LogP contribution < -0.4 is 20.3 Å². The summed E-state index contributed by atoms with van der Waals surface area (Å²) in [6.45, 7) is 1.91. The third kappa shape index (κ3) is 3.71. The van der Waals surface area contributed by atoms with Gasteiger partial charge in [0, 0.05) is 25.9 Å². The summed E-state index contributed by atoms with van der Waals surface area (Å²) in [4.78, 5) is 30.0. The molecule has 2 amide bonds. The zero-order chi connectivity index (χ0) is 18.0. The van der Waals surface area contributed by atoms with Gasteiger partial charge in [-0.2, -0.15) is 0 Å². The van der Waals surface area contributed by atoms with Crippen molar-refractivity contribution in [2.24, 2.45) is 0 Å². The first-order valence-electron chi connectivity index (χ1n) is 7.95. The molecule has 1 aromatic carbocycles. The van der Waals surface area contributed by atoms with Crippen molar-refractivity contribution in [2.75, 3.05) is 30.9 Å². The molecule has 2 N–H and O–H groups in total. The van der Waals surface area contributed by atoms with Crippen LogP contribution in [0.3, 0.4) is 0 Å². The second-order valence-electron chi connectivity index (χ2n) is 6.08. The van der Waals surface area contributed by atoms with E-state index in [4.69, 9.17) is 4.74 Å². The van der Waals surface area contributed by atoms with Crippen LogP contribution in [0.4, 0.5) is 11.5 Å². The Morgan fingerprint density at radius 3 is 2.88 bits per heavy atom. The van der Waals surface area contributed by atoms with Crippen LogP contribution in [0.15, 0.2) is 36.5 Å². The molecule has 1 aromatic heterocycles. The number of fused-ring (bicyclic) bond motifs is 1. The molecule has 130 valence electrons. The number of nitrogens with one attached hydrogen (secondary N) is 2. The summed E-state index contributed by atoms with van der Waals surface area (Å²) in [5.41, 5.74) is 2.04. The molecule has 1 atom stereocenters. The summed E-state index contributed by atoms with van der Waals surface area (Å²) in [5.74, 6) is 0.978. The second kappa shape index (κ2) is 6.80. The van der Waals surface area contributed by atoms with Gasteiger partial charge >= 0.3 is 0 Å². The highest BCUT2D eigenvalue weighted by atomic mass is 16.5. The smallest absolute Gasteiger partial charge is 0.262 e. The second-order valence-corrected chi connectivity index (χ2v) is 6.08. The molecule has 0 radical (unpaired) electrons. The Balaban J connectivity index is 1.75. The van der Waals surface area contributed by atoms with Gasteiger partial charge in [-0.15, -0.1) is 0 Å². The number of benzene rings is 1. The van der Waals surface area contributed by atoms with Gasteiger partial charge in [-0.05, 0) is 36.8 Å². The van der Waals surface area contributed by atoms with Crippen molar-refractivity contribution < 1.29 is 14.3 Å². The van der Waals surface area contributed by atoms with Crippen molar-refractivity contribution in [1.29, 1.82) is 0 Å². The Morgan fingerprint density at radius 2 is 2.12 bits per heavy atom. The maximum atomic E-state index is 12.5. The number of ether oxygens (including phenoxy) is 1. The van der Waals surface area contributed by atoms with E-state index in [9.17, 15) is 9.59 Å². The van der Waals surface area contributed by atoms with Gasteiger partial charge in [0.05, 0.1) is 11.7 Å². The zero-order valence-electron chi connectivity index (χ0n) is 14.4. The number of hydrogen-bond donors (Lipinski definition) is 2. The van der Waals surface area contributed by atoms with Crippen LogP contribution >= 0.6 is 0 Å². The zero-order valence-corrected chi connectivity index (χ0v) is 14.4. The molecule has 2 heterocycles.